The Hall–Kier alpha value is -1.75. The molecule has 1 saturated heterocycles. The van der Waals surface area contributed by atoms with E-state index in [1.54, 1.807) is 14.2 Å². The second-order valence-electron chi connectivity index (χ2n) is 8.61. The molecule has 2 heterocycles. The summed E-state index contributed by atoms with van der Waals surface area (Å²) in [6, 6.07) is 4.19. The number of piperidine rings is 1. The van der Waals surface area contributed by atoms with Gasteiger partial charge in [0.05, 0.1) is 14.2 Å². The first-order valence-corrected chi connectivity index (χ1v) is 11.8. The number of methoxy groups -OCH3 is 2. The third-order valence-corrected chi connectivity index (χ3v) is 6.49. The fraction of sp³-hybridized carbons (Fsp3) is 0.667. The zero-order chi connectivity index (χ0) is 22.9. The molecule has 1 amide bonds. The van der Waals surface area contributed by atoms with Crippen LogP contribution in [0.4, 0.5) is 0 Å². The number of likely N-dealkylation sites (tertiary alicyclic amines) is 1. The molecule has 3 rings (SSSR count). The number of ether oxygens (including phenoxy) is 2. The van der Waals surface area contributed by atoms with Gasteiger partial charge >= 0.3 is 0 Å². The number of aliphatic imine (C=N–C) groups is 1. The Bertz CT molecular complexity index is 797. The summed E-state index contributed by atoms with van der Waals surface area (Å²) in [6.45, 7) is 8.53. The van der Waals surface area contributed by atoms with Crippen molar-refractivity contribution in [2.24, 2.45) is 16.6 Å². The summed E-state index contributed by atoms with van der Waals surface area (Å²) in [4.78, 5) is 21.0. The van der Waals surface area contributed by atoms with Crippen molar-refractivity contribution in [1.82, 2.24) is 15.1 Å². The minimum absolute atomic E-state index is 0. The van der Waals surface area contributed by atoms with Gasteiger partial charge in [-0.1, -0.05) is 0 Å². The molecule has 0 atom stereocenters. The summed E-state index contributed by atoms with van der Waals surface area (Å²) in [5.41, 5.74) is 8.00. The molecule has 0 saturated carbocycles. The molecule has 9 heteroatoms. The zero-order valence-corrected chi connectivity index (χ0v) is 22.6. The number of rotatable bonds is 9. The normalized spacial score (nSPS) is 17.2. The number of nitrogens with zero attached hydrogens (tertiary/aromatic N) is 3. The van der Waals surface area contributed by atoms with Crippen LogP contribution in [0.5, 0.6) is 11.5 Å². The van der Waals surface area contributed by atoms with Crippen LogP contribution in [0.1, 0.15) is 43.7 Å². The van der Waals surface area contributed by atoms with E-state index in [0.29, 0.717) is 0 Å². The maximum atomic E-state index is 11.3. The average Bonchev–Trinajstić information content (AvgIpc) is 2.82. The van der Waals surface area contributed by atoms with E-state index < -0.39 is 0 Å². The van der Waals surface area contributed by atoms with Crippen molar-refractivity contribution in [3.63, 3.8) is 0 Å². The molecule has 2 aliphatic rings. The van der Waals surface area contributed by atoms with Gasteiger partial charge in [0.1, 0.15) is 0 Å². The van der Waals surface area contributed by atoms with Crippen LogP contribution in [0.15, 0.2) is 17.1 Å². The van der Waals surface area contributed by atoms with Crippen LogP contribution in [0.25, 0.3) is 0 Å². The molecule has 186 valence electrons. The van der Waals surface area contributed by atoms with E-state index in [0.717, 1.165) is 95.4 Å². The fourth-order valence-electron chi connectivity index (χ4n) is 4.56. The van der Waals surface area contributed by atoms with Crippen molar-refractivity contribution in [3.05, 3.63) is 23.3 Å². The number of nitrogens with two attached hydrogens (primary N) is 1. The molecular weight excluding hydrogens is 533 g/mol. The number of guanidine groups is 1. The monoisotopic (exact) mass is 573 g/mol. The van der Waals surface area contributed by atoms with Gasteiger partial charge in [0.15, 0.2) is 17.5 Å². The molecule has 0 aromatic heterocycles. The predicted octanol–water partition coefficient (Wildman–Crippen LogP) is 2.62. The first-order valence-electron chi connectivity index (χ1n) is 11.8. The maximum Gasteiger partial charge on any atom is 0.220 e. The van der Waals surface area contributed by atoms with Crippen LogP contribution in [-0.2, 0) is 17.8 Å². The molecule has 1 fully saturated rings. The standard InChI is InChI=1S/C24H39N5O3.HI/c1-4-26-24(27-10-5-6-11-28-12-7-18(8-13-28)23(25)30)29-14-9-19-15-21(31-2)22(32-3)16-20(19)17-29;/h15-16,18H,4-14,17H2,1-3H3,(H2,25,30)(H,26,27);1H. The van der Waals surface area contributed by atoms with Crippen molar-refractivity contribution in [2.45, 2.75) is 45.6 Å². The molecule has 0 unspecified atom stereocenters. The summed E-state index contributed by atoms with van der Waals surface area (Å²) in [7, 11) is 3.36. The predicted molar refractivity (Wildman–Crippen MR) is 143 cm³/mol. The Morgan fingerprint density at radius 2 is 1.79 bits per heavy atom. The Morgan fingerprint density at radius 3 is 2.39 bits per heavy atom. The van der Waals surface area contributed by atoms with Crippen LogP contribution in [0.2, 0.25) is 0 Å². The Balaban J connectivity index is 0.00000385. The number of nitrogens with one attached hydrogen (secondary N) is 1. The van der Waals surface area contributed by atoms with Crippen molar-refractivity contribution < 1.29 is 14.3 Å². The first kappa shape index (κ1) is 27.5. The van der Waals surface area contributed by atoms with Gasteiger partial charge in [-0.2, -0.15) is 0 Å². The Kier molecular flexibility index (Phi) is 11.5. The van der Waals surface area contributed by atoms with Crippen molar-refractivity contribution in [1.29, 1.82) is 0 Å². The van der Waals surface area contributed by atoms with Crippen LogP contribution in [0, 0.1) is 5.92 Å². The van der Waals surface area contributed by atoms with E-state index in [1.165, 1.54) is 11.1 Å². The third kappa shape index (κ3) is 7.63. The van der Waals surface area contributed by atoms with Gasteiger partial charge in [-0.15, -0.1) is 24.0 Å². The molecular formula is C24H40IN5O3. The van der Waals surface area contributed by atoms with Crippen molar-refractivity contribution in [3.8, 4) is 11.5 Å². The van der Waals surface area contributed by atoms with Gasteiger partial charge < -0.3 is 30.3 Å². The quantitative estimate of drug-likeness (QED) is 0.204. The molecule has 0 spiro atoms. The zero-order valence-electron chi connectivity index (χ0n) is 20.3. The number of benzene rings is 1. The molecule has 0 bridgehead atoms. The molecule has 3 N–H and O–H groups in total. The minimum atomic E-state index is -0.146. The van der Waals surface area contributed by atoms with Gasteiger partial charge in [-0.25, -0.2) is 0 Å². The highest BCUT2D eigenvalue weighted by Gasteiger charge is 2.23. The molecule has 1 aromatic carbocycles. The summed E-state index contributed by atoms with van der Waals surface area (Å²) in [5.74, 6) is 2.46. The Morgan fingerprint density at radius 1 is 1.12 bits per heavy atom. The number of primary amides is 1. The number of amides is 1. The number of fused-ring (bicyclic) bond motifs is 1. The third-order valence-electron chi connectivity index (χ3n) is 6.49. The lowest BCUT2D eigenvalue weighted by Gasteiger charge is -2.32. The van der Waals surface area contributed by atoms with Gasteiger partial charge in [0.25, 0.3) is 0 Å². The smallest absolute Gasteiger partial charge is 0.220 e. The second kappa shape index (κ2) is 13.8. The average molecular weight is 574 g/mol. The summed E-state index contributed by atoms with van der Waals surface area (Å²) in [5, 5.41) is 3.46. The van der Waals surface area contributed by atoms with E-state index in [2.05, 4.69) is 34.2 Å². The van der Waals surface area contributed by atoms with E-state index in [9.17, 15) is 4.79 Å². The highest BCUT2D eigenvalue weighted by molar-refractivity contribution is 14.0. The van der Waals surface area contributed by atoms with Crippen LogP contribution < -0.4 is 20.5 Å². The van der Waals surface area contributed by atoms with Crippen LogP contribution in [-0.4, -0.2) is 75.2 Å². The van der Waals surface area contributed by atoms with E-state index in [1.807, 2.05) is 0 Å². The molecule has 8 nitrogen and oxygen atoms in total. The first-order chi connectivity index (χ1) is 15.5. The number of carbonyl (C=O) groups excluding carboxylic acids is 1. The molecule has 2 aliphatic heterocycles. The van der Waals surface area contributed by atoms with Gasteiger partial charge in [0.2, 0.25) is 5.91 Å². The molecule has 33 heavy (non-hydrogen) atoms. The van der Waals surface area contributed by atoms with E-state index >= 15 is 0 Å². The lowest BCUT2D eigenvalue weighted by atomic mass is 9.96. The summed E-state index contributed by atoms with van der Waals surface area (Å²) in [6.07, 6.45) is 4.92. The highest BCUT2D eigenvalue weighted by Crippen LogP contribution is 2.33. The minimum Gasteiger partial charge on any atom is -0.493 e. The lowest BCUT2D eigenvalue weighted by molar-refractivity contribution is -0.123. The molecule has 0 radical (unpaired) electrons. The van der Waals surface area contributed by atoms with Crippen LogP contribution in [0.3, 0.4) is 0 Å². The van der Waals surface area contributed by atoms with Gasteiger partial charge in [0, 0.05) is 32.1 Å². The van der Waals surface area contributed by atoms with Crippen molar-refractivity contribution >= 4 is 35.8 Å². The number of hydrogen-bond donors (Lipinski definition) is 2. The van der Waals surface area contributed by atoms with Crippen LogP contribution >= 0.6 is 24.0 Å². The number of halogens is 1. The van der Waals surface area contributed by atoms with Gasteiger partial charge in [-0.05, 0) is 81.9 Å². The summed E-state index contributed by atoms with van der Waals surface area (Å²) < 4.78 is 10.9. The van der Waals surface area contributed by atoms with E-state index in [-0.39, 0.29) is 35.8 Å². The van der Waals surface area contributed by atoms with Crippen molar-refractivity contribution in [2.75, 3.05) is 53.5 Å². The topological polar surface area (TPSA) is 92.4 Å². The number of unbranched alkanes of at least 4 members (excludes halogenated alkanes) is 1. The highest BCUT2D eigenvalue weighted by atomic mass is 127. The summed E-state index contributed by atoms with van der Waals surface area (Å²) >= 11 is 0. The lowest BCUT2D eigenvalue weighted by Crippen LogP contribution is -2.44. The number of hydrogen-bond acceptors (Lipinski definition) is 5. The van der Waals surface area contributed by atoms with E-state index in [4.69, 9.17) is 20.2 Å². The van der Waals surface area contributed by atoms with Gasteiger partial charge in [-0.3, -0.25) is 9.79 Å². The Labute approximate surface area is 215 Å². The number of carbonyl (C=O) groups is 1. The SMILES string of the molecule is CCNC(=NCCCCN1CCC(C(N)=O)CC1)N1CCc2cc(OC)c(OC)cc2C1.I. The largest absolute Gasteiger partial charge is 0.493 e. The maximum absolute atomic E-state index is 11.3. The molecule has 1 aromatic rings. The fourth-order valence-corrected chi connectivity index (χ4v) is 4.56. The molecule has 0 aliphatic carbocycles. The second-order valence-corrected chi connectivity index (χ2v) is 8.61.